The van der Waals surface area contributed by atoms with Crippen LogP contribution >= 0.6 is 0 Å². The van der Waals surface area contributed by atoms with Crippen molar-refractivity contribution in [3.05, 3.63) is 0 Å². The summed E-state index contributed by atoms with van der Waals surface area (Å²) < 4.78 is 10.9. The van der Waals surface area contributed by atoms with E-state index in [1.807, 2.05) is 41.5 Å². The highest BCUT2D eigenvalue weighted by Crippen LogP contribution is 2.40. The Morgan fingerprint density at radius 3 is 2.00 bits per heavy atom. The largest absolute Gasteiger partial charge is 0.433 e. The first-order valence-electron chi connectivity index (χ1n) is 5.96. The molecule has 1 heterocycles. The van der Waals surface area contributed by atoms with Crippen molar-refractivity contribution in [2.45, 2.75) is 66.5 Å². The summed E-state index contributed by atoms with van der Waals surface area (Å²) in [5, 5.41) is 10.3. The molecule has 0 radical (unpaired) electrons. The van der Waals surface area contributed by atoms with E-state index >= 15 is 0 Å². The van der Waals surface area contributed by atoms with Crippen molar-refractivity contribution in [3.63, 3.8) is 0 Å². The van der Waals surface area contributed by atoms with Crippen LogP contribution in [0.15, 0.2) is 0 Å². The molecule has 0 spiro atoms. The zero-order chi connectivity index (χ0) is 13.6. The van der Waals surface area contributed by atoms with Gasteiger partial charge < -0.3 is 14.6 Å². The van der Waals surface area contributed by atoms with Crippen molar-refractivity contribution in [3.8, 4) is 0 Å². The predicted molar refractivity (Wildman–Crippen MR) is 64.3 cm³/mol. The quantitative estimate of drug-likeness (QED) is 0.718. The molecule has 0 aromatic carbocycles. The molecule has 1 aliphatic heterocycles. The molecule has 0 saturated carbocycles. The fraction of sp³-hybridized carbons (Fsp3) is 0.923. The van der Waals surface area contributed by atoms with Gasteiger partial charge in [-0.05, 0) is 12.3 Å². The fourth-order valence-corrected chi connectivity index (χ4v) is 1.86. The van der Waals surface area contributed by atoms with E-state index < -0.39 is 29.4 Å². The second kappa shape index (κ2) is 3.95. The van der Waals surface area contributed by atoms with Gasteiger partial charge in [0.15, 0.2) is 5.60 Å². The molecule has 0 unspecified atom stereocenters. The number of aliphatic hydroxyl groups excluding tert-OH is 1. The Bertz CT molecular complexity index is 310. The van der Waals surface area contributed by atoms with E-state index in [-0.39, 0.29) is 5.41 Å². The lowest BCUT2D eigenvalue weighted by atomic mass is 9.79. The molecule has 17 heavy (non-hydrogen) atoms. The summed E-state index contributed by atoms with van der Waals surface area (Å²) in [6, 6.07) is 0. The number of hydrogen-bond donors (Lipinski definition) is 1. The second-order valence-electron chi connectivity index (χ2n) is 7.10. The lowest BCUT2D eigenvalue weighted by molar-refractivity contribution is -0.180. The number of hydrogen-bond acceptors (Lipinski definition) is 4. The molecular formula is C13H24O4. The lowest BCUT2D eigenvalue weighted by Gasteiger charge is -2.36. The Morgan fingerprint density at radius 2 is 1.71 bits per heavy atom. The minimum absolute atomic E-state index is 0.301. The molecule has 0 aromatic heterocycles. The van der Waals surface area contributed by atoms with E-state index in [2.05, 4.69) is 0 Å². The van der Waals surface area contributed by atoms with Crippen LogP contribution < -0.4 is 0 Å². The first-order chi connectivity index (χ1) is 7.39. The van der Waals surface area contributed by atoms with Crippen LogP contribution in [0, 0.1) is 10.8 Å². The second-order valence-corrected chi connectivity index (χ2v) is 7.10. The molecule has 4 nitrogen and oxygen atoms in total. The summed E-state index contributed by atoms with van der Waals surface area (Å²) >= 11 is 0. The van der Waals surface area contributed by atoms with Gasteiger partial charge in [-0.1, -0.05) is 41.5 Å². The van der Waals surface area contributed by atoms with Crippen LogP contribution in [0.4, 0.5) is 0 Å². The van der Waals surface area contributed by atoms with Crippen LogP contribution in [0.2, 0.25) is 0 Å². The monoisotopic (exact) mass is 244 g/mol. The van der Waals surface area contributed by atoms with E-state index in [1.54, 1.807) is 6.92 Å². The molecule has 0 aromatic rings. The molecule has 100 valence electrons. The summed E-state index contributed by atoms with van der Waals surface area (Å²) in [6.07, 6.45) is -1.52. The molecule has 3 atom stereocenters. The maximum atomic E-state index is 11.9. The summed E-state index contributed by atoms with van der Waals surface area (Å²) in [7, 11) is 0. The molecule has 0 bridgehead atoms. The molecule has 1 saturated heterocycles. The van der Waals surface area contributed by atoms with Gasteiger partial charge in [-0.3, -0.25) is 0 Å². The van der Waals surface area contributed by atoms with Gasteiger partial charge in [-0.15, -0.1) is 0 Å². The molecule has 1 fully saturated rings. The topological polar surface area (TPSA) is 55.8 Å². The number of aliphatic hydroxyl groups is 1. The van der Waals surface area contributed by atoms with Crippen molar-refractivity contribution in [2.24, 2.45) is 10.8 Å². The average molecular weight is 244 g/mol. The van der Waals surface area contributed by atoms with Crippen molar-refractivity contribution < 1.29 is 19.4 Å². The van der Waals surface area contributed by atoms with E-state index in [1.165, 1.54) is 0 Å². The maximum Gasteiger partial charge on any atom is 0.343 e. The molecule has 1 rings (SSSR count). The van der Waals surface area contributed by atoms with Crippen molar-refractivity contribution >= 4 is 5.97 Å². The predicted octanol–water partition coefficient (Wildman–Crippen LogP) is 2.10. The van der Waals surface area contributed by atoms with Gasteiger partial charge in [0, 0.05) is 5.41 Å². The first kappa shape index (κ1) is 14.5. The number of esters is 1. The number of cyclic esters (lactones) is 1. The van der Waals surface area contributed by atoms with Gasteiger partial charge in [0.05, 0.1) is 6.10 Å². The van der Waals surface area contributed by atoms with Crippen LogP contribution in [0.5, 0.6) is 0 Å². The lowest BCUT2D eigenvalue weighted by Crippen LogP contribution is -2.52. The van der Waals surface area contributed by atoms with Crippen LogP contribution in [-0.4, -0.2) is 29.1 Å². The van der Waals surface area contributed by atoms with Crippen molar-refractivity contribution in [2.75, 3.05) is 0 Å². The van der Waals surface area contributed by atoms with E-state index in [9.17, 15) is 9.90 Å². The highest BCUT2D eigenvalue weighted by Gasteiger charge is 2.57. The van der Waals surface area contributed by atoms with Crippen LogP contribution in [0.3, 0.4) is 0 Å². The molecule has 1 aliphatic rings. The van der Waals surface area contributed by atoms with Gasteiger partial charge in [-0.2, -0.15) is 0 Å². The van der Waals surface area contributed by atoms with Crippen molar-refractivity contribution in [1.82, 2.24) is 0 Å². The third-order valence-electron chi connectivity index (χ3n) is 3.02. The molecule has 0 amide bonds. The minimum atomic E-state index is -1.28. The fourth-order valence-electron chi connectivity index (χ4n) is 1.86. The molecule has 1 N–H and O–H groups in total. The summed E-state index contributed by atoms with van der Waals surface area (Å²) in [4.78, 5) is 11.9. The molecular weight excluding hydrogens is 220 g/mol. The standard InChI is InChI=1S/C13H24O4/c1-11(2,3)8(14)13(7)9(15)16-10(17-13)12(4,5)6/h8,10,14H,1-7H3/t8-,10+,13+/m0/s1. The third kappa shape index (κ3) is 2.63. The number of rotatable bonds is 1. The summed E-state index contributed by atoms with van der Waals surface area (Å²) in [5.41, 5.74) is -2.03. The van der Waals surface area contributed by atoms with Crippen LogP contribution in [0.1, 0.15) is 48.5 Å². The van der Waals surface area contributed by atoms with E-state index in [4.69, 9.17) is 9.47 Å². The molecule has 4 heteroatoms. The Hall–Kier alpha value is -0.610. The first-order valence-corrected chi connectivity index (χ1v) is 5.96. The normalized spacial score (nSPS) is 32.5. The zero-order valence-electron chi connectivity index (χ0n) is 11.8. The Balaban J connectivity index is 2.97. The van der Waals surface area contributed by atoms with Gasteiger partial charge in [0.25, 0.3) is 0 Å². The SMILES string of the molecule is CC(C)(C)[C@@H]1OC(=O)[C@@](C)([C@@H](O)C(C)(C)C)O1. The maximum absolute atomic E-state index is 11.9. The van der Waals surface area contributed by atoms with E-state index in [0.717, 1.165) is 0 Å². The highest BCUT2D eigenvalue weighted by atomic mass is 16.8. The third-order valence-corrected chi connectivity index (χ3v) is 3.02. The molecule has 0 aliphatic carbocycles. The van der Waals surface area contributed by atoms with Gasteiger partial charge in [0.2, 0.25) is 6.29 Å². The van der Waals surface area contributed by atoms with Gasteiger partial charge >= 0.3 is 5.97 Å². The highest BCUT2D eigenvalue weighted by molar-refractivity contribution is 5.81. The number of ether oxygens (including phenoxy) is 2. The Labute approximate surface area is 103 Å². The average Bonchev–Trinajstić information content (AvgIpc) is 2.41. The van der Waals surface area contributed by atoms with Crippen LogP contribution in [-0.2, 0) is 14.3 Å². The number of carbonyl (C=O) groups is 1. The minimum Gasteiger partial charge on any atom is -0.433 e. The van der Waals surface area contributed by atoms with Crippen LogP contribution in [0.25, 0.3) is 0 Å². The van der Waals surface area contributed by atoms with Gasteiger partial charge in [-0.25, -0.2) is 4.79 Å². The van der Waals surface area contributed by atoms with E-state index in [0.29, 0.717) is 0 Å². The Morgan fingerprint density at radius 1 is 1.24 bits per heavy atom. The smallest absolute Gasteiger partial charge is 0.343 e. The van der Waals surface area contributed by atoms with Crippen molar-refractivity contribution in [1.29, 1.82) is 0 Å². The number of carbonyl (C=O) groups excluding carboxylic acids is 1. The Kier molecular flexibility index (Phi) is 3.36. The summed E-state index contributed by atoms with van der Waals surface area (Å²) in [5.74, 6) is -0.486. The summed E-state index contributed by atoms with van der Waals surface area (Å²) in [6.45, 7) is 13.0. The zero-order valence-corrected chi connectivity index (χ0v) is 11.8. The van der Waals surface area contributed by atoms with Gasteiger partial charge in [0.1, 0.15) is 0 Å².